The summed E-state index contributed by atoms with van der Waals surface area (Å²) in [4.78, 5) is 8.52. The first-order valence-corrected chi connectivity index (χ1v) is 24.3. The zero-order chi connectivity index (χ0) is 43.0. The van der Waals surface area contributed by atoms with Crippen molar-refractivity contribution in [3.8, 4) is 0 Å². The summed E-state index contributed by atoms with van der Waals surface area (Å²) < 4.78 is 0. The van der Waals surface area contributed by atoms with E-state index < -0.39 is 5.41 Å². The fourth-order valence-corrected chi connectivity index (χ4v) is 15.6. The number of hydrogen-bond donors (Lipinski definition) is 0. The van der Waals surface area contributed by atoms with Crippen LogP contribution < -0.4 is 31.1 Å². The minimum absolute atomic E-state index is 0.0440. The normalized spacial score (nSPS) is 26.9. The van der Waals surface area contributed by atoms with Crippen LogP contribution in [0.3, 0.4) is 0 Å². The summed E-state index contributed by atoms with van der Waals surface area (Å²) in [6.45, 7) is 13.0. The van der Waals surface area contributed by atoms with Crippen LogP contribution in [0, 0.1) is 6.92 Å². The molecule has 0 aromatic heterocycles. The second-order valence-corrected chi connectivity index (χ2v) is 21.5. The Hall–Kier alpha value is -6.00. The van der Waals surface area contributed by atoms with Crippen molar-refractivity contribution < 1.29 is 0 Å². The van der Waals surface area contributed by atoms with E-state index in [1.807, 2.05) is 0 Å². The molecule has 0 amide bonds. The third kappa shape index (κ3) is 4.15. The van der Waals surface area contributed by atoms with E-state index in [1.165, 1.54) is 135 Å². The first-order chi connectivity index (χ1) is 31.1. The van der Waals surface area contributed by atoms with Crippen LogP contribution in [-0.4, -0.2) is 17.8 Å². The molecule has 2 fully saturated rings. The van der Waals surface area contributed by atoms with Crippen molar-refractivity contribution in [3.63, 3.8) is 0 Å². The molecule has 0 radical (unpaired) electrons. The number of hydrogen-bond acceptors (Lipinski definition) is 3. The summed E-state index contributed by atoms with van der Waals surface area (Å²) in [7, 11) is 0. The van der Waals surface area contributed by atoms with Gasteiger partial charge in [-0.05, 0) is 120 Å². The molecule has 7 aliphatic rings. The van der Waals surface area contributed by atoms with Gasteiger partial charge in [-0.3, -0.25) is 0 Å². The average Bonchev–Trinajstić information content (AvgIpc) is 3.67. The molecule has 3 nitrogen and oxygen atoms in total. The Balaban J connectivity index is 1.11. The predicted octanol–water partition coefficient (Wildman–Crippen LogP) is 12.8. The Morgan fingerprint density at radius 1 is 0.438 bits per heavy atom. The van der Waals surface area contributed by atoms with Crippen molar-refractivity contribution in [3.05, 3.63) is 191 Å². The number of rotatable bonds is 3. The maximum Gasteiger partial charge on any atom is 0.252 e. The van der Waals surface area contributed by atoms with Crippen molar-refractivity contribution in [2.45, 2.75) is 113 Å². The van der Waals surface area contributed by atoms with Gasteiger partial charge in [-0.1, -0.05) is 172 Å². The summed E-state index contributed by atoms with van der Waals surface area (Å²) >= 11 is 0. The van der Waals surface area contributed by atoms with Crippen molar-refractivity contribution in [2.24, 2.45) is 0 Å². The van der Waals surface area contributed by atoms with Crippen LogP contribution in [0.1, 0.15) is 118 Å². The minimum Gasteiger partial charge on any atom is -0.335 e. The number of aryl methyl sites for hydroxylation is 1. The summed E-state index contributed by atoms with van der Waals surface area (Å²) in [5.74, 6) is 0. The number of benzene rings is 7. The van der Waals surface area contributed by atoms with Crippen LogP contribution in [0.5, 0.6) is 0 Å². The van der Waals surface area contributed by atoms with E-state index in [-0.39, 0.29) is 28.6 Å². The van der Waals surface area contributed by atoms with Crippen molar-refractivity contribution in [2.75, 3.05) is 14.7 Å². The molecule has 0 saturated heterocycles. The Morgan fingerprint density at radius 3 is 1.50 bits per heavy atom. The van der Waals surface area contributed by atoms with Crippen LogP contribution in [0.15, 0.2) is 152 Å². The third-order valence-corrected chi connectivity index (χ3v) is 18.8. The first kappa shape index (κ1) is 37.4. The lowest BCUT2D eigenvalue weighted by molar-refractivity contribution is 0.194. The van der Waals surface area contributed by atoms with Crippen LogP contribution in [0.2, 0.25) is 0 Å². The fourth-order valence-electron chi connectivity index (χ4n) is 15.6. The van der Waals surface area contributed by atoms with Gasteiger partial charge in [0.1, 0.15) is 0 Å². The van der Waals surface area contributed by atoms with E-state index in [9.17, 15) is 0 Å². The van der Waals surface area contributed by atoms with Gasteiger partial charge in [-0.25, -0.2) is 0 Å². The topological polar surface area (TPSA) is 9.72 Å². The Kier molecular flexibility index (Phi) is 7.25. The molecule has 7 aromatic rings. The molecule has 2 saturated carbocycles. The minimum atomic E-state index is -0.516. The molecule has 0 bridgehead atoms. The van der Waals surface area contributed by atoms with Crippen molar-refractivity contribution in [1.82, 2.24) is 0 Å². The standard InChI is InChI=1S/C60H56BN3/c1-39-35-46-55-48(36-39)61-47-28-20-27-45-54(47)63(58(4)33-18-16-31-56(45,58)2)51-37-42(38-52(53(51)61)64(55)59(5)34-19-17-32-57(46,59)3)62-49-29-14-12-25-43(49)60(40-21-8-6-9-22-40,41-23-10-7-11-24-41)44-26-13-15-30-50(44)62/h6-15,20-30,35-38H,16-19,31-34H2,1-5H3. The molecule has 0 N–H and O–H groups in total. The highest BCUT2D eigenvalue weighted by atomic mass is 15.3. The van der Waals surface area contributed by atoms with Gasteiger partial charge in [0, 0.05) is 33.6 Å². The lowest BCUT2D eigenvalue weighted by Gasteiger charge is -2.55. The fraction of sp³-hybridized carbons (Fsp3) is 0.300. The average molecular weight is 830 g/mol. The van der Waals surface area contributed by atoms with Crippen LogP contribution in [-0.2, 0) is 16.2 Å². The lowest BCUT2D eigenvalue weighted by atomic mass is 9.33. The summed E-state index contributed by atoms with van der Waals surface area (Å²) in [5, 5.41) is 0. The first-order valence-electron chi connectivity index (χ1n) is 24.3. The largest absolute Gasteiger partial charge is 0.335 e. The van der Waals surface area contributed by atoms with Gasteiger partial charge in [-0.2, -0.15) is 0 Å². The number of para-hydroxylation sites is 3. The van der Waals surface area contributed by atoms with Gasteiger partial charge in [0.15, 0.2) is 0 Å². The molecular weight excluding hydrogens is 773 g/mol. The number of fused-ring (bicyclic) bond motifs is 12. The molecule has 7 aromatic carbocycles. The van der Waals surface area contributed by atoms with E-state index in [2.05, 4.69) is 201 Å². The summed E-state index contributed by atoms with van der Waals surface area (Å²) in [5.41, 5.74) is 23.3. The SMILES string of the molecule is Cc1cc2c3c(c1)C1(C)CCCCC1(C)N3c1cc(N3c4ccccc4C(c4ccccc4)(c4ccccc4)c4ccccc43)cc3c1B2c1cccc2c1N3C1(C)CCCCC21C. The second kappa shape index (κ2) is 12.4. The van der Waals surface area contributed by atoms with E-state index in [4.69, 9.17) is 0 Å². The Bertz CT molecular complexity index is 3030. The Labute approximate surface area is 379 Å². The third-order valence-electron chi connectivity index (χ3n) is 18.8. The zero-order valence-corrected chi connectivity index (χ0v) is 38.0. The lowest BCUT2D eigenvalue weighted by Crippen LogP contribution is -2.66. The molecule has 4 unspecified atom stereocenters. The molecule has 2 aliphatic carbocycles. The van der Waals surface area contributed by atoms with Gasteiger partial charge in [0.05, 0.1) is 33.6 Å². The molecule has 4 atom stereocenters. The quantitative estimate of drug-likeness (QED) is 0.164. The van der Waals surface area contributed by atoms with Gasteiger partial charge in [-0.15, -0.1) is 0 Å². The monoisotopic (exact) mass is 829 g/mol. The highest BCUT2D eigenvalue weighted by Gasteiger charge is 2.65. The van der Waals surface area contributed by atoms with E-state index in [0.29, 0.717) is 0 Å². The summed E-state index contributed by atoms with van der Waals surface area (Å²) in [6, 6.07) is 59.1. The molecule has 5 heterocycles. The van der Waals surface area contributed by atoms with Crippen LogP contribution in [0.4, 0.5) is 39.8 Å². The molecule has 314 valence electrons. The number of anilines is 7. The maximum atomic E-state index is 2.93. The Morgan fingerprint density at radius 2 is 0.922 bits per heavy atom. The summed E-state index contributed by atoms with van der Waals surface area (Å²) in [6.07, 6.45) is 9.91. The smallest absolute Gasteiger partial charge is 0.252 e. The molecule has 5 aliphatic heterocycles. The van der Waals surface area contributed by atoms with Gasteiger partial charge in [0.2, 0.25) is 0 Å². The second-order valence-electron chi connectivity index (χ2n) is 21.5. The van der Waals surface area contributed by atoms with E-state index in [1.54, 1.807) is 11.1 Å². The van der Waals surface area contributed by atoms with Crippen molar-refractivity contribution in [1.29, 1.82) is 0 Å². The zero-order valence-electron chi connectivity index (χ0n) is 38.0. The molecule has 14 rings (SSSR count). The van der Waals surface area contributed by atoms with E-state index >= 15 is 0 Å². The molecular formula is C60H56BN3. The van der Waals surface area contributed by atoms with Gasteiger partial charge < -0.3 is 14.7 Å². The number of nitrogens with zero attached hydrogens (tertiary/aromatic N) is 3. The maximum absolute atomic E-state index is 2.93. The predicted molar refractivity (Wildman–Crippen MR) is 268 cm³/mol. The van der Waals surface area contributed by atoms with E-state index in [0.717, 1.165) is 0 Å². The molecule has 4 heteroatoms. The van der Waals surface area contributed by atoms with Crippen molar-refractivity contribution >= 4 is 62.9 Å². The van der Waals surface area contributed by atoms with Crippen LogP contribution >= 0.6 is 0 Å². The van der Waals surface area contributed by atoms with Crippen LogP contribution in [0.25, 0.3) is 0 Å². The highest BCUT2D eigenvalue weighted by molar-refractivity contribution is 7.00. The molecule has 64 heavy (non-hydrogen) atoms. The highest BCUT2D eigenvalue weighted by Crippen LogP contribution is 2.66. The van der Waals surface area contributed by atoms with Gasteiger partial charge >= 0.3 is 0 Å². The van der Waals surface area contributed by atoms with Gasteiger partial charge in [0.25, 0.3) is 6.71 Å². The molecule has 0 spiro atoms.